The zero-order valence-corrected chi connectivity index (χ0v) is 17.6. The van der Waals surface area contributed by atoms with Crippen LogP contribution in [0.15, 0.2) is 60.8 Å². The smallest absolute Gasteiger partial charge is 0.0506 e. The standard InChI is InChI=1S/C26H33N3.2CH4/c1-27-19-25(24-9-5-6-10-26(24)27)23-13-17-29(18-14-23)20-28-15-11-22(12-16-28)21-7-3-2-4-8-21;;/h2-10,19,22-23H,11-18,20H2,1H3;2*1H4. The van der Waals surface area contributed by atoms with Crippen molar-refractivity contribution in [3.63, 3.8) is 0 Å². The van der Waals surface area contributed by atoms with Crippen LogP contribution in [-0.4, -0.2) is 47.2 Å². The van der Waals surface area contributed by atoms with Gasteiger partial charge in [0.25, 0.3) is 0 Å². The molecule has 2 aromatic carbocycles. The molecule has 2 fully saturated rings. The summed E-state index contributed by atoms with van der Waals surface area (Å²) in [5.41, 5.74) is 4.46. The Morgan fingerprint density at radius 2 is 1.26 bits per heavy atom. The predicted molar refractivity (Wildman–Crippen MR) is 135 cm³/mol. The highest BCUT2D eigenvalue weighted by Crippen LogP contribution is 2.34. The van der Waals surface area contributed by atoms with Crippen LogP contribution in [0.3, 0.4) is 0 Å². The largest absolute Gasteiger partial charge is 0.350 e. The summed E-state index contributed by atoms with van der Waals surface area (Å²) in [6.07, 6.45) is 7.55. The van der Waals surface area contributed by atoms with Crippen LogP contribution >= 0.6 is 0 Å². The van der Waals surface area contributed by atoms with Gasteiger partial charge in [-0.3, -0.25) is 9.80 Å². The van der Waals surface area contributed by atoms with E-state index in [2.05, 4.69) is 82.2 Å². The van der Waals surface area contributed by atoms with Crippen molar-refractivity contribution >= 4 is 10.9 Å². The van der Waals surface area contributed by atoms with Gasteiger partial charge in [0.15, 0.2) is 0 Å². The van der Waals surface area contributed by atoms with Crippen molar-refractivity contribution in [3.05, 3.63) is 71.9 Å². The van der Waals surface area contributed by atoms with Gasteiger partial charge in [-0.05, 0) is 80.9 Å². The summed E-state index contributed by atoms with van der Waals surface area (Å²) in [7, 11) is 2.18. The predicted octanol–water partition coefficient (Wildman–Crippen LogP) is 6.47. The molecular weight excluding hydrogens is 378 g/mol. The number of aryl methyl sites for hydroxylation is 1. The molecule has 31 heavy (non-hydrogen) atoms. The first-order valence-electron chi connectivity index (χ1n) is 11.3. The number of para-hydroxylation sites is 1. The summed E-state index contributed by atoms with van der Waals surface area (Å²) in [5, 5.41) is 1.46. The second kappa shape index (κ2) is 10.5. The summed E-state index contributed by atoms with van der Waals surface area (Å²) in [5.74, 6) is 1.46. The van der Waals surface area contributed by atoms with Crippen LogP contribution in [0.1, 0.15) is 63.5 Å². The summed E-state index contributed by atoms with van der Waals surface area (Å²) in [6, 6.07) is 20.0. The third kappa shape index (κ3) is 5.05. The first-order valence-corrected chi connectivity index (χ1v) is 11.3. The van der Waals surface area contributed by atoms with Gasteiger partial charge < -0.3 is 4.57 Å². The first-order chi connectivity index (χ1) is 14.3. The number of piperidine rings is 2. The quantitative estimate of drug-likeness (QED) is 0.480. The van der Waals surface area contributed by atoms with Gasteiger partial charge in [0.2, 0.25) is 0 Å². The molecule has 2 saturated heterocycles. The van der Waals surface area contributed by atoms with E-state index in [1.165, 1.54) is 68.3 Å². The first kappa shape index (κ1) is 23.6. The Bertz CT molecular complexity index is 929. The molecule has 0 spiro atoms. The molecule has 0 N–H and O–H groups in total. The van der Waals surface area contributed by atoms with E-state index in [1.807, 2.05) is 0 Å². The molecule has 0 atom stereocenters. The number of aromatic nitrogens is 1. The number of nitrogens with zero attached hydrogens (tertiary/aromatic N) is 3. The van der Waals surface area contributed by atoms with Crippen molar-refractivity contribution in [2.24, 2.45) is 7.05 Å². The Kier molecular flexibility index (Phi) is 7.96. The minimum Gasteiger partial charge on any atom is -0.350 e. The molecule has 3 nitrogen and oxygen atoms in total. The number of rotatable bonds is 4. The summed E-state index contributed by atoms with van der Waals surface area (Å²) < 4.78 is 2.30. The van der Waals surface area contributed by atoms with Gasteiger partial charge in [-0.15, -0.1) is 0 Å². The Morgan fingerprint density at radius 1 is 0.710 bits per heavy atom. The minimum atomic E-state index is 0. The third-order valence-corrected chi connectivity index (χ3v) is 7.21. The van der Waals surface area contributed by atoms with Crippen molar-refractivity contribution < 1.29 is 0 Å². The lowest BCUT2D eigenvalue weighted by Gasteiger charge is -2.38. The van der Waals surface area contributed by atoms with E-state index >= 15 is 0 Å². The van der Waals surface area contributed by atoms with Gasteiger partial charge in [0.05, 0.1) is 6.67 Å². The Labute approximate surface area is 189 Å². The van der Waals surface area contributed by atoms with E-state index < -0.39 is 0 Å². The highest BCUT2D eigenvalue weighted by Gasteiger charge is 2.26. The Balaban J connectivity index is 0.00000136. The zero-order valence-electron chi connectivity index (χ0n) is 17.6. The van der Waals surface area contributed by atoms with Crippen LogP contribution in [0.4, 0.5) is 0 Å². The van der Waals surface area contributed by atoms with Gasteiger partial charge in [0.1, 0.15) is 0 Å². The fourth-order valence-corrected chi connectivity index (χ4v) is 5.50. The molecule has 2 aliphatic heterocycles. The SMILES string of the molecule is C.C.Cn1cc(C2CCN(CN3CCC(c4ccccc4)CC3)CC2)c2ccccc21. The van der Waals surface area contributed by atoms with Crippen LogP contribution < -0.4 is 0 Å². The molecular formula is C28H41N3. The molecule has 3 aromatic rings. The van der Waals surface area contributed by atoms with Crippen LogP contribution in [-0.2, 0) is 7.05 Å². The van der Waals surface area contributed by atoms with Gasteiger partial charge in [0, 0.05) is 24.1 Å². The molecule has 5 rings (SSSR count). The van der Waals surface area contributed by atoms with Crippen LogP contribution in [0.5, 0.6) is 0 Å². The van der Waals surface area contributed by atoms with Gasteiger partial charge in [-0.1, -0.05) is 63.4 Å². The molecule has 0 amide bonds. The topological polar surface area (TPSA) is 11.4 Å². The van der Waals surface area contributed by atoms with E-state index in [0.29, 0.717) is 5.92 Å². The van der Waals surface area contributed by atoms with E-state index in [1.54, 1.807) is 5.56 Å². The van der Waals surface area contributed by atoms with E-state index in [4.69, 9.17) is 0 Å². The highest BCUT2D eigenvalue weighted by atomic mass is 15.3. The van der Waals surface area contributed by atoms with Crippen LogP contribution in [0.25, 0.3) is 10.9 Å². The van der Waals surface area contributed by atoms with Crippen LogP contribution in [0.2, 0.25) is 0 Å². The number of hydrogen-bond acceptors (Lipinski definition) is 2. The molecule has 0 unspecified atom stereocenters. The van der Waals surface area contributed by atoms with E-state index in [-0.39, 0.29) is 14.9 Å². The van der Waals surface area contributed by atoms with Gasteiger partial charge >= 0.3 is 0 Å². The number of likely N-dealkylation sites (tertiary alicyclic amines) is 2. The molecule has 0 bridgehead atoms. The average molecular weight is 420 g/mol. The number of hydrogen-bond donors (Lipinski definition) is 0. The minimum absolute atomic E-state index is 0. The second-order valence-corrected chi connectivity index (χ2v) is 9.05. The molecule has 0 aliphatic carbocycles. The van der Waals surface area contributed by atoms with Crippen molar-refractivity contribution in [1.29, 1.82) is 0 Å². The maximum absolute atomic E-state index is 2.68. The summed E-state index contributed by atoms with van der Waals surface area (Å²) in [6.45, 7) is 6.09. The normalized spacial score (nSPS) is 19.1. The fraction of sp³-hybridized carbons (Fsp3) is 0.500. The molecule has 1 aromatic heterocycles. The number of fused-ring (bicyclic) bond motifs is 1. The Hall–Kier alpha value is -2.10. The lowest BCUT2D eigenvalue weighted by Crippen LogP contribution is -2.44. The fourth-order valence-electron chi connectivity index (χ4n) is 5.50. The molecule has 168 valence electrons. The van der Waals surface area contributed by atoms with E-state index in [9.17, 15) is 0 Å². The van der Waals surface area contributed by atoms with Crippen molar-refractivity contribution in [2.75, 3.05) is 32.8 Å². The maximum Gasteiger partial charge on any atom is 0.0506 e. The molecule has 3 heteroatoms. The van der Waals surface area contributed by atoms with Crippen molar-refractivity contribution in [2.45, 2.75) is 52.4 Å². The molecule has 0 radical (unpaired) electrons. The lowest BCUT2D eigenvalue weighted by molar-refractivity contribution is 0.0879. The van der Waals surface area contributed by atoms with Gasteiger partial charge in [-0.2, -0.15) is 0 Å². The third-order valence-electron chi connectivity index (χ3n) is 7.21. The van der Waals surface area contributed by atoms with Crippen molar-refractivity contribution in [3.8, 4) is 0 Å². The average Bonchev–Trinajstić information content (AvgIpc) is 3.12. The van der Waals surface area contributed by atoms with Crippen molar-refractivity contribution in [1.82, 2.24) is 14.4 Å². The molecule has 2 aliphatic rings. The molecule has 0 saturated carbocycles. The van der Waals surface area contributed by atoms with E-state index in [0.717, 1.165) is 12.6 Å². The summed E-state index contributed by atoms with van der Waals surface area (Å²) in [4.78, 5) is 5.36. The second-order valence-electron chi connectivity index (χ2n) is 9.05. The lowest BCUT2D eigenvalue weighted by atomic mass is 9.89. The number of benzene rings is 2. The van der Waals surface area contributed by atoms with Crippen LogP contribution in [0, 0.1) is 0 Å². The highest BCUT2D eigenvalue weighted by molar-refractivity contribution is 5.84. The van der Waals surface area contributed by atoms with Gasteiger partial charge in [-0.25, -0.2) is 0 Å². The summed E-state index contributed by atoms with van der Waals surface area (Å²) >= 11 is 0. The molecule has 3 heterocycles. The monoisotopic (exact) mass is 419 g/mol. The Morgan fingerprint density at radius 3 is 1.90 bits per heavy atom. The zero-order chi connectivity index (χ0) is 19.6. The maximum atomic E-state index is 2.68.